The number of rotatable bonds is 5. The molecule has 1 aliphatic rings. The number of carbonyl (C=O) groups is 1. The lowest BCUT2D eigenvalue weighted by Crippen LogP contribution is -2.36. The van der Waals surface area contributed by atoms with E-state index >= 15 is 0 Å². The van der Waals surface area contributed by atoms with Crippen molar-refractivity contribution < 1.29 is 19.4 Å². The number of ether oxygens (including phenoxy) is 2. The second kappa shape index (κ2) is 4.33. The Bertz CT molecular complexity index is 428. The Kier molecular flexibility index (Phi) is 3.02. The van der Waals surface area contributed by atoms with Gasteiger partial charge >= 0.3 is 5.97 Å². The van der Waals surface area contributed by atoms with E-state index in [1.807, 2.05) is 0 Å². The number of carboxylic acid groups (broad SMARTS) is 1. The number of aromatic nitrogens is 1. The van der Waals surface area contributed by atoms with Crippen LogP contribution in [0.4, 0.5) is 0 Å². The van der Waals surface area contributed by atoms with Crippen LogP contribution < -0.4 is 4.74 Å². The number of methoxy groups -OCH3 is 2. The highest BCUT2D eigenvalue weighted by atomic mass is 16.5. The van der Waals surface area contributed by atoms with Gasteiger partial charge in [0.1, 0.15) is 5.75 Å². The van der Waals surface area contributed by atoms with Crippen LogP contribution in [0.1, 0.15) is 18.5 Å². The van der Waals surface area contributed by atoms with Crippen LogP contribution in [0.25, 0.3) is 0 Å². The minimum absolute atomic E-state index is 0.535. The fraction of sp³-hybridized carbons (Fsp3) is 0.500. The second-order valence-corrected chi connectivity index (χ2v) is 4.16. The van der Waals surface area contributed by atoms with Gasteiger partial charge in [0, 0.05) is 13.3 Å². The molecule has 1 N–H and O–H groups in total. The normalized spacial score (nSPS) is 18.5. The van der Waals surface area contributed by atoms with Crippen molar-refractivity contribution in [3.63, 3.8) is 0 Å². The molecular formula is C12H15NO4. The van der Waals surface area contributed by atoms with Crippen molar-refractivity contribution >= 4 is 5.97 Å². The third-order valence-corrected chi connectivity index (χ3v) is 3.21. The van der Waals surface area contributed by atoms with Crippen LogP contribution >= 0.6 is 0 Å². The second-order valence-electron chi connectivity index (χ2n) is 4.16. The lowest BCUT2D eigenvalue weighted by molar-refractivity contribution is -0.150. The van der Waals surface area contributed by atoms with Crippen LogP contribution in [0.2, 0.25) is 0 Å². The van der Waals surface area contributed by atoms with Crippen LogP contribution in [0.15, 0.2) is 18.3 Å². The Morgan fingerprint density at radius 2 is 2.24 bits per heavy atom. The first-order valence-corrected chi connectivity index (χ1v) is 5.41. The Balaban J connectivity index is 2.41. The van der Waals surface area contributed by atoms with Gasteiger partial charge in [0.05, 0.1) is 18.2 Å². The van der Waals surface area contributed by atoms with Gasteiger partial charge in [-0.2, -0.15) is 0 Å². The van der Waals surface area contributed by atoms with Gasteiger partial charge in [-0.3, -0.25) is 4.98 Å². The van der Waals surface area contributed by atoms with Crippen molar-refractivity contribution in [1.82, 2.24) is 4.98 Å². The molecule has 0 bridgehead atoms. The topological polar surface area (TPSA) is 68.7 Å². The Morgan fingerprint density at radius 1 is 1.53 bits per heavy atom. The van der Waals surface area contributed by atoms with E-state index in [4.69, 9.17) is 9.47 Å². The molecule has 1 aromatic rings. The van der Waals surface area contributed by atoms with E-state index in [0.29, 0.717) is 11.4 Å². The molecule has 2 rings (SSSR count). The summed E-state index contributed by atoms with van der Waals surface area (Å²) < 4.78 is 10.3. The zero-order valence-corrected chi connectivity index (χ0v) is 9.84. The first-order valence-electron chi connectivity index (χ1n) is 5.41. The Labute approximate surface area is 99.4 Å². The number of pyridine rings is 1. The number of carboxylic acids is 1. The summed E-state index contributed by atoms with van der Waals surface area (Å²) in [7, 11) is 2.97. The molecule has 1 aliphatic carbocycles. The molecule has 5 nitrogen and oxygen atoms in total. The molecule has 1 saturated carbocycles. The van der Waals surface area contributed by atoms with Crippen LogP contribution in [0.3, 0.4) is 0 Å². The molecule has 1 atom stereocenters. The SMILES string of the molecule is COc1cccnc1C1(C(OC)C(=O)O)CC1. The molecule has 0 amide bonds. The van der Waals surface area contributed by atoms with Crippen LogP contribution in [0, 0.1) is 0 Å². The van der Waals surface area contributed by atoms with Crippen molar-refractivity contribution in [2.45, 2.75) is 24.4 Å². The van der Waals surface area contributed by atoms with Gasteiger partial charge in [-0.1, -0.05) is 0 Å². The summed E-state index contributed by atoms with van der Waals surface area (Å²) in [5.41, 5.74) is 0.143. The summed E-state index contributed by atoms with van der Waals surface area (Å²) >= 11 is 0. The van der Waals surface area contributed by atoms with Crippen LogP contribution in [-0.2, 0) is 14.9 Å². The first kappa shape index (κ1) is 11.9. The predicted octanol–water partition coefficient (Wildman–Crippen LogP) is 1.22. The number of hydrogen-bond acceptors (Lipinski definition) is 4. The average molecular weight is 237 g/mol. The van der Waals surface area contributed by atoms with E-state index in [1.165, 1.54) is 7.11 Å². The summed E-state index contributed by atoms with van der Waals surface area (Å²) in [5.74, 6) is -0.342. The first-order chi connectivity index (χ1) is 8.15. The summed E-state index contributed by atoms with van der Waals surface area (Å²) in [4.78, 5) is 15.5. The zero-order valence-electron chi connectivity index (χ0n) is 9.84. The number of aliphatic carboxylic acids is 1. The molecule has 5 heteroatoms. The van der Waals surface area contributed by atoms with Gasteiger partial charge in [0.25, 0.3) is 0 Å². The minimum Gasteiger partial charge on any atom is -0.495 e. The zero-order chi connectivity index (χ0) is 12.5. The summed E-state index contributed by atoms with van der Waals surface area (Å²) in [6.45, 7) is 0. The van der Waals surface area contributed by atoms with Crippen molar-refractivity contribution in [2.75, 3.05) is 14.2 Å². The number of hydrogen-bond donors (Lipinski definition) is 1. The van der Waals surface area contributed by atoms with Gasteiger partial charge in [0.2, 0.25) is 0 Å². The monoisotopic (exact) mass is 237 g/mol. The minimum atomic E-state index is -0.960. The summed E-state index contributed by atoms with van der Waals surface area (Å²) in [6, 6.07) is 3.55. The van der Waals surface area contributed by atoms with Gasteiger partial charge in [0.15, 0.2) is 6.10 Å². The lowest BCUT2D eigenvalue weighted by atomic mass is 9.93. The molecule has 1 heterocycles. The smallest absolute Gasteiger partial charge is 0.333 e. The summed E-state index contributed by atoms with van der Waals surface area (Å²) in [5, 5.41) is 9.18. The average Bonchev–Trinajstić information content (AvgIpc) is 3.11. The maximum atomic E-state index is 11.2. The van der Waals surface area contributed by atoms with Crippen molar-refractivity contribution in [3.8, 4) is 5.75 Å². The lowest BCUT2D eigenvalue weighted by Gasteiger charge is -2.23. The van der Waals surface area contributed by atoms with E-state index < -0.39 is 17.5 Å². The van der Waals surface area contributed by atoms with Gasteiger partial charge < -0.3 is 14.6 Å². The molecule has 0 radical (unpaired) electrons. The third-order valence-electron chi connectivity index (χ3n) is 3.21. The molecule has 17 heavy (non-hydrogen) atoms. The molecule has 92 valence electrons. The molecule has 0 spiro atoms. The molecule has 1 fully saturated rings. The standard InChI is InChI=1S/C12H15NO4/c1-16-8-4-3-7-13-9(8)12(5-6-12)10(17-2)11(14)15/h3-4,7,10H,5-6H2,1-2H3,(H,14,15). The fourth-order valence-electron chi connectivity index (χ4n) is 2.25. The predicted molar refractivity (Wildman–Crippen MR) is 60.1 cm³/mol. The molecule has 1 unspecified atom stereocenters. The van der Waals surface area contributed by atoms with Gasteiger partial charge in [-0.15, -0.1) is 0 Å². The summed E-state index contributed by atoms with van der Waals surface area (Å²) in [6.07, 6.45) is 2.29. The maximum Gasteiger partial charge on any atom is 0.333 e. The van der Waals surface area contributed by atoms with Gasteiger partial charge in [-0.05, 0) is 25.0 Å². The van der Waals surface area contributed by atoms with E-state index in [1.54, 1.807) is 25.4 Å². The molecule has 0 saturated heterocycles. The van der Waals surface area contributed by atoms with E-state index in [9.17, 15) is 9.90 Å². The highest BCUT2D eigenvalue weighted by molar-refractivity contribution is 5.76. The maximum absolute atomic E-state index is 11.2. The molecule has 0 aromatic carbocycles. The van der Waals surface area contributed by atoms with E-state index in [-0.39, 0.29) is 0 Å². The van der Waals surface area contributed by atoms with Crippen molar-refractivity contribution in [2.24, 2.45) is 0 Å². The van der Waals surface area contributed by atoms with E-state index in [0.717, 1.165) is 12.8 Å². The highest BCUT2D eigenvalue weighted by Gasteiger charge is 2.57. The Hall–Kier alpha value is -1.62. The number of nitrogens with zero attached hydrogens (tertiary/aromatic N) is 1. The van der Waals surface area contributed by atoms with Crippen molar-refractivity contribution in [1.29, 1.82) is 0 Å². The molecule has 1 aromatic heterocycles. The van der Waals surface area contributed by atoms with E-state index in [2.05, 4.69) is 4.98 Å². The largest absolute Gasteiger partial charge is 0.495 e. The van der Waals surface area contributed by atoms with Crippen molar-refractivity contribution in [3.05, 3.63) is 24.0 Å². The molecule has 0 aliphatic heterocycles. The van der Waals surface area contributed by atoms with Crippen LogP contribution in [0.5, 0.6) is 5.75 Å². The highest BCUT2D eigenvalue weighted by Crippen LogP contribution is 2.53. The Morgan fingerprint density at radius 3 is 2.71 bits per heavy atom. The van der Waals surface area contributed by atoms with Gasteiger partial charge in [-0.25, -0.2) is 4.79 Å². The third kappa shape index (κ3) is 1.86. The quantitative estimate of drug-likeness (QED) is 0.834. The molecular weight excluding hydrogens is 222 g/mol. The fourth-order valence-corrected chi connectivity index (χ4v) is 2.25. The van der Waals surface area contributed by atoms with Crippen LogP contribution in [-0.4, -0.2) is 36.4 Å².